The molecule has 11 nitrogen and oxygen atoms in total. The fraction of sp³-hybridized carbons (Fsp3) is 0.550. The molecule has 0 saturated carbocycles. The maximum absolute atomic E-state index is 13.1. The van der Waals surface area contributed by atoms with Crippen LogP contribution in [0.5, 0.6) is 0 Å². The summed E-state index contributed by atoms with van der Waals surface area (Å²) in [4.78, 5) is 32.7. The minimum Gasteiger partial charge on any atom is -0.461 e. The summed E-state index contributed by atoms with van der Waals surface area (Å²) in [6, 6.07) is 3.28. The van der Waals surface area contributed by atoms with Crippen LogP contribution in [0.15, 0.2) is 22.8 Å². The minimum absolute atomic E-state index is 0.140. The number of anilines is 2. The topological polar surface area (TPSA) is 122 Å². The smallest absolute Gasteiger partial charge is 0.259 e. The third kappa shape index (κ3) is 3.69. The Morgan fingerprint density at radius 2 is 2.03 bits per heavy atom. The fourth-order valence-corrected chi connectivity index (χ4v) is 4.10. The first kappa shape index (κ1) is 19.7. The van der Waals surface area contributed by atoms with E-state index in [1.165, 1.54) is 17.4 Å². The number of aromatic nitrogens is 5. The van der Waals surface area contributed by atoms with E-state index in [0.29, 0.717) is 29.9 Å². The van der Waals surface area contributed by atoms with E-state index in [1.807, 2.05) is 9.80 Å². The van der Waals surface area contributed by atoms with Gasteiger partial charge in [0.25, 0.3) is 5.78 Å². The molecule has 5 rings (SSSR count). The molecule has 1 unspecified atom stereocenters. The zero-order valence-corrected chi connectivity index (χ0v) is 17.6. The van der Waals surface area contributed by atoms with Crippen molar-refractivity contribution in [1.29, 1.82) is 0 Å². The van der Waals surface area contributed by atoms with Crippen LogP contribution in [0.25, 0.3) is 17.4 Å². The number of carbonyl (C=O) groups is 1. The molecule has 2 fully saturated rings. The number of unbranched alkanes of at least 4 members (excludes halogenated alkanes) is 1. The predicted octanol–water partition coefficient (Wildman–Crippen LogP) is 0.885. The third-order valence-electron chi connectivity index (χ3n) is 6.04. The van der Waals surface area contributed by atoms with Gasteiger partial charge >= 0.3 is 0 Å². The second kappa shape index (κ2) is 8.14. The maximum Gasteiger partial charge on any atom is 0.259 e. The van der Waals surface area contributed by atoms with E-state index < -0.39 is 0 Å². The zero-order chi connectivity index (χ0) is 21.4. The molecule has 5 heterocycles. The maximum atomic E-state index is 13.1. The van der Waals surface area contributed by atoms with E-state index in [4.69, 9.17) is 10.2 Å². The standard InChI is InChI=1S/C20H27N9O2/c1-2-3-7-26-9-11-27(12-10-26)17(30)14-6-8-28(14)19-23-18(21)29-20(24-19)22-16(25-29)15-5-4-13-31-15/h4-5,13-14H,2-3,6-12H2,1H3,(H2,21,22,23,24,25). The van der Waals surface area contributed by atoms with Gasteiger partial charge in [0.2, 0.25) is 23.6 Å². The summed E-state index contributed by atoms with van der Waals surface area (Å²) in [5.41, 5.74) is 6.11. The lowest BCUT2D eigenvalue weighted by molar-refractivity contribution is -0.135. The first-order valence-corrected chi connectivity index (χ1v) is 10.9. The average Bonchev–Trinajstić information content (AvgIpc) is 3.42. The molecule has 0 radical (unpaired) electrons. The highest BCUT2D eigenvalue weighted by atomic mass is 16.3. The second-order valence-electron chi connectivity index (χ2n) is 8.02. The molecule has 3 aromatic rings. The molecular weight excluding hydrogens is 398 g/mol. The van der Waals surface area contributed by atoms with Gasteiger partial charge in [-0.3, -0.25) is 9.69 Å². The van der Waals surface area contributed by atoms with Crippen molar-refractivity contribution in [2.45, 2.75) is 32.2 Å². The van der Waals surface area contributed by atoms with Crippen molar-refractivity contribution in [3.63, 3.8) is 0 Å². The Balaban J connectivity index is 1.30. The van der Waals surface area contributed by atoms with Gasteiger partial charge in [0, 0.05) is 32.7 Å². The molecule has 0 aromatic carbocycles. The molecule has 0 bridgehead atoms. The van der Waals surface area contributed by atoms with Crippen LogP contribution in [-0.4, -0.2) is 85.6 Å². The highest BCUT2D eigenvalue weighted by Crippen LogP contribution is 2.27. The third-order valence-corrected chi connectivity index (χ3v) is 6.04. The molecule has 1 amide bonds. The van der Waals surface area contributed by atoms with Crippen molar-refractivity contribution in [1.82, 2.24) is 34.4 Å². The van der Waals surface area contributed by atoms with Gasteiger partial charge in [-0.25, -0.2) is 0 Å². The Labute approximate surface area is 179 Å². The molecule has 31 heavy (non-hydrogen) atoms. The average molecular weight is 425 g/mol. The van der Waals surface area contributed by atoms with Gasteiger partial charge in [0.05, 0.1) is 6.26 Å². The normalized spacial score (nSPS) is 19.7. The lowest BCUT2D eigenvalue weighted by atomic mass is 10.0. The Hall–Kier alpha value is -3.21. The van der Waals surface area contributed by atoms with Crippen molar-refractivity contribution in [3.8, 4) is 11.6 Å². The Morgan fingerprint density at radius 1 is 1.19 bits per heavy atom. The van der Waals surface area contributed by atoms with Gasteiger partial charge in [0.15, 0.2) is 5.76 Å². The summed E-state index contributed by atoms with van der Waals surface area (Å²) in [6.07, 6.45) is 4.74. The van der Waals surface area contributed by atoms with E-state index in [0.717, 1.165) is 39.1 Å². The van der Waals surface area contributed by atoms with E-state index in [9.17, 15) is 4.79 Å². The molecule has 2 aliphatic heterocycles. The number of rotatable bonds is 6. The van der Waals surface area contributed by atoms with Crippen LogP contribution in [0, 0.1) is 0 Å². The number of fused-ring (bicyclic) bond motifs is 1. The lowest BCUT2D eigenvalue weighted by Gasteiger charge is -2.44. The quantitative estimate of drug-likeness (QED) is 0.613. The zero-order valence-electron chi connectivity index (χ0n) is 17.6. The van der Waals surface area contributed by atoms with E-state index >= 15 is 0 Å². The summed E-state index contributed by atoms with van der Waals surface area (Å²) < 4.78 is 6.73. The fourth-order valence-electron chi connectivity index (χ4n) is 4.10. The van der Waals surface area contributed by atoms with Crippen molar-refractivity contribution in [2.75, 3.05) is 49.9 Å². The van der Waals surface area contributed by atoms with Crippen molar-refractivity contribution >= 4 is 23.6 Å². The number of nitrogens with zero attached hydrogens (tertiary/aromatic N) is 8. The SMILES string of the molecule is CCCCN1CCN(C(=O)C2CCN2c2nc(N)n3nc(-c4ccco4)nc3n2)CC1. The molecule has 2 N–H and O–H groups in total. The lowest BCUT2D eigenvalue weighted by Crippen LogP contribution is -2.60. The highest BCUT2D eigenvalue weighted by Gasteiger charge is 2.39. The van der Waals surface area contributed by atoms with Crippen LogP contribution < -0.4 is 10.6 Å². The van der Waals surface area contributed by atoms with E-state index in [2.05, 4.69) is 31.9 Å². The Bertz CT molecular complexity index is 1060. The molecule has 3 aromatic heterocycles. The van der Waals surface area contributed by atoms with Crippen molar-refractivity contribution in [3.05, 3.63) is 18.4 Å². The molecule has 2 saturated heterocycles. The summed E-state index contributed by atoms with van der Waals surface area (Å²) in [5.74, 6) is 1.97. The summed E-state index contributed by atoms with van der Waals surface area (Å²) in [5, 5.41) is 4.32. The molecule has 164 valence electrons. The Morgan fingerprint density at radius 3 is 2.71 bits per heavy atom. The number of carbonyl (C=O) groups excluding carboxylic acids is 1. The monoisotopic (exact) mass is 425 g/mol. The predicted molar refractivity (Wildman–Crippen MR) is 114 cm³/mol. The van der Waals surface area contributed by atoms with Gasteiger partial charge < -0.3 is 20.0 Å². The second-order valence-corrected chi connectivity index (χ2v) is 8.02. The Kier molecular flexibility index (Phi) is 5.18. The van der Waals surface area contributed by atoms with Crippen LogP contribution in [0.3, 0.4) is 0 Å². The van der Waals surface area contributed by atoms with Crippen molar-refractivity contribution in [2.24, 2.45) is 0 Å². The van der Waals surface area contributed by atoms with Gasteiger partial charge in [-0.05, 0) is 31.5 Å². The molecule has 11 heteroatoms. The molecule has 2 aliphatic rings. The molecule has 0 aliphatic carbocycles. The van der Waals surface area contributed by atoms with E-state index in [-0.39, 0.29) is 17.9 Å². The van der Waals surface area contributed by atoms with Crippen LogP contribution in [-0.2, 0) is 4.79 Å². The largest absolute Gasteiger partial charge is 0.461 e. The number of amides is 1. The minimum atomic E-state index is -0.253. The van der Waals surface area contributed by atoms with Crippen LogP contribution in [0.4, 0.5) is 11.9 Å². The number of furan rings is 1. The van der Waals surface area contributed by atoms with Crippen LogP contribution >= 0.6 is 0 Å². The van der Waals surface area contributed by atoms with Gasteiger partial charge in [-0.2, -0.15) is 19.5 Å². The number of nitrogens with two attached hydrogens (primary N) is 1. The first-order valence-electron chi connectivity index (χ1n) is 10.9. The first-order chi connectivity index (χ1) is 15.1. The van der Waals surface area contributed by atoms with E-state index in [1.54, 1.807) is 18.4 Å². The molecular formula is C20H27N9O2. The summed E-state index contributed by atoms with van der Waals surface area (Å²) in [6.45, 7) is 7.43. The van der Waals surface area contributed by atoms with Gasteiger partial charge in [-0.15, -0.1) is 5.10 Å². The molecule has 1 atom stereocenters. The number of nitrogen functional groups attached to an aromatic ring is 1. The van der Waals surface area contributed by atoms with Gasteiger partial charge in [0.1, 0.15) is 6.04 Å². The van der Waals surface area contributed by atoms with Crippen LogP contribution in [0.1, 0.15) is 26.2 Å². The number of hydrogen-bond acceptors (Lipinski definition) is 9. The summed E-state index contributed by atoms with van der Waals surface area (Å²) >= 11 is 0. The van der Waals surface area contributed by atoms with Crippen molar-refractivity contribution < 1.29 is 9.21 Å². The number of piperazine rings is 1. The summed E-state index contributed by atoms with van der Waals surface area (Å²) in [7, 11) is 0. The molecule has 0 spiro atoms. The number of hydrogen-bond donors (Lipinski definition) is 1. The highest BCUT2D eigenvalue weighted by molar-refractivity contribution is 5.86. The van der Waals surface area contributed by atoms with Crippen LogP contribution in [0.2, 0.25) is 0 Å². The van der Waals surface area contributed by atoms with Gasteiger partial charge in [-0.1, -0.05) is 13.3 Å².